The first kappa shape index (κ1) is 10.9. The van der Waals surface area contributed by atoms with Gasteiger partial charge in [0.1, 0.15) is 0 Å². The Balaban J connectivity index is 2.27. The Hall–Kier alpha value is -0.580. The Kier molecular flexibility index (Phi) is 3.29. The third-order valence-corrected chi connectivity index (χ3v) is 3.68. The van der Waals surface area contributed by atoms with E-state index in [9.17, 15) is 0 Å². The van der Waals surface area contributed by atoms with Gasteiger partial charge in [0.15, 0.2) is 5.13 Å². The highest BCUT2D eigenvalue weighted by molar-refractivity contribution is 9.10. The number of hydrogen-bond acceptors (Lipinski definition) is 3. The number of nitrogens with zero attached hydrogens (tertiary/aromatic N) is 1. The molecule has 5 heteroatoms. The molecule has 0 amide bonds. The van der Waals surface area contributed by atoms with E-state index in [0.29, 0.717) is 5.13 Å². The van der Waals surface area contributed by atoms with E-state index in [1.807, 2.05) is 23.6 Å². The molecule has 2 rings (SSSR count). The van der Waals surface area contributed by atoms with Crippen molar-refractivity contribution in [1.82, 2.24) is 4.98 Å². The third-order valence-electron chi connectivity index (χ3n) is 1.95. The van der Waals surface area contributed by atoms with Crippen LogP contribution in [0.15, 0.2) is 28.1 Å². The summed E-state index contributed by atoms with van der Waals surface area (Å²) in [6, 6.07) is 5.72. The lowest BCUT2D eigenvalue weighted by molar-refractivity contribution is 1.10. The second-order valence-electron chi connectivity index (χ2n) is 3.09. The summed E-state index contributed by atoms with van der Waals surface area (Å²) in [4.78, 5) is 4.21. The molecule has 15 heavy (non-hydrogen) atoms. The topological polar surface area (TPSA) is 38.9 Å². The van der Waals surface area contributed by atoms with E-state index in [1.54, 1.807) is 0 Å². The highest BCUT2D eigenvalue weighted by Gasteiger charge is 2.05. The molecule has 0 aliphatic rings. The Morgan fingerprint density at radius 1 is 1.47 bits per heavy atom. The van der Waals surface area contributed by atoms with Crippen molar-refractivity contribution in [3.63, 3.8) is 0 Å². The fraction of sp³-hybridized carbons (Fsp3) is 0.100. The second kappa shape index (κ2) is 4.51. The minimum absolute atomic E-state index is 0.600. The van der Waals surface area contributed by atoms with Gasteiger partial charge in [0.25, 0.3) is 0 Å². The monoisotopic (exact) mass is 302 g/mol. The fourth-order valence-electron chi connectivity index (χ4n) is 1.28. The van der Waals surface area contributed by atoms with Crippen LogP contribution in [-0.4, -0.2) is 4.98 Å². The minimum Gasteiger partial charge on any atom is -0.375 e. The first-order chi connectivity index (χ1) is 7.15. The van der Waals surface area contributed by atoms with Gasteiger partial charge in [0, 0.05) is 21.3 Å². The van der Waals surface area contributed by atoms with Gasteiger partial charge in [-0.1, -0.05) is 27.5 Å². The van der Waals surface area contributed by atoms with E-state index in [-0.39, 0.29) is 0 Å². The van der Waals surface area contributed by atoms with Gasteiger partial charge >= 0.3 is 0 Å². The lowest BCUT2D eigenvalue weighted by atomic mass is 10.1. The van der Waals surface area contributed by atoms with Gasteiger partial charge in [-0.15, -0.1) is 11.3 Å². The molecule has 2 aromatic rings. The highest BCUT2D eigenvalue weighted by Crippen LogP contribution is 2.24. The average Bonchev–Trinajstić information content (AvgIpc) is 2.58. The molecule has 2 nitrogen and oxygen atoms in total. The van der Waals surface area contributed by atoms with E-state index in [0.717, 1.165) is 27.2 Å². The van der Waals surface area contributed by atoms with Crippen molar-refractivity contribution < 1.29 is 0 Å². The number of aromatic nitrogens is 1. The summed E-state index contributed by atoms with van der Waals surface area (Å²) >= 11 is 10.9. The molecular formula is C10H8BrClN2S. The van der Waals surface area contributed by atoms with Crippen molar-refractivity contribution >= 4 is 44.0 Å². The number of nitrogens with two attached hydrogens (primary N) is 1. The summed E-state index contributed by atoms with van der Waals surface area (Å²) < 4.78 is 1.04. The highest BCUT2D eigenvalue weighted by atomic mass is 79.9. The van der Waals surface area contributed by atoms with Crippen molar-refractivity contribution in [3.05, 3.63) is 44.3 Å². The number of nitrogen functional groups attached to an aromatic ring is 1. The molecule has 78 valence electrons. The number of benzene rings is 1. The quantitative estimate of drug-likeness (QED) is 0.918. The Bertz CT molecular complexity index is 484. The maximum absolute atomic E-state index is 5.92. The number of rotatable bonds is 2. The van der Waals surface area contributed by atoms with Crippen LogP contribution in [0.2, 0.25) is 5.02 Å². The number of thiazole rings is 1. The molecule has 0 radical (unpaired) electrons. The molecule has 1 aromatic heterocycles. The number of anilines is 1. The predicted octanol–water partition coefficient (Wildman–Crippen LogP) is 3.73. The average molecular weight is 304 g/mol. The maximum Gasteiger partial charge on any atom is 0.180 e. The summed E-state index contributed by atoms with van der Waals surface area (Å²) in [6.45, 7) is 0. The molecule has 0 bridgehead atoms. The van der Waals surface area contributed by atoms with Crippen LogP contribution in [0.4, 0.5) is 5.13 Å². The number of halogens is 2. The van der Waals surface area contributed by atoms with Crippen molar-refractivity contribution in [3.8, 4) is 0 Å². The normalized spacial score (nSPS) is 10.5. The minimum atomic E-state index is 0.600. The zero-order chi connectivity index (χ0) is 10.8. The van der Waals surface area contributed by atoms with Gasteiger partial charge in [-0.2, -0.15) is 0 Å². The molecule has 0 fully saturated rings. The van der Waals surface area contributed by atoms with Crippen LogP contribution in [0.3, 0.4) is 0 Å². The Labute approximate surface area is 105 Å². The van der Waals surface area contributed by atoms with Crippen LogP contribution in [0.5, 0.6) is 0 Å². The van der Waals surface area contributed by atoms with Gasteiger partial charge in [-0.25, -0.2) is 4.98 Å². The molecule has 0 atom stereocenters. The Morgan fingerprint density at radius 3 is 2.93 bits per heavy atom. The van der Waals surface area contributed by atoms with Gasteiger partial charge in [0.05, 0.1) is 5.69 Å². The Morgan fingerprint density at radius 2 is 2.27 bits per heavy atom. The molecule has 0 spiro atoms. The van der Waals surface area contributed by atoms with E-state index in [1.165, 1.54) is 11.3 Å². The lowest BCUT2D eigenvalue weighted by Crippen LogP contribution is -1.91. The standard InChI is InChI=1S/C10H8BrClN2S/c11-9-2-1-7(12)3-6(9)4-8-5-15-10(13)14-8/h1-3,5H,4H2,(H2,13,14). The molecular weight excluding hydrogens is 296 g/mol. The van der Waals surface area contributed by atoms with Gasteiger partial charge in [-0.3, -0.25) is 0 Å². The summed E-state index contributed by atoms with van der Waals surface area (Å²) in [5, 5.41) is 3.29. The molecule has 1 heterocycles. The molecule has 1 aromatic carbocycles. The van der Waals surface area contributed by atoms with Gasteiger partial charge in [0.2, 0.25) is 0 Å². The van der Waals surface area contributed by atoms with Crippen LogP contribution in [0.1, 0.15) is 11.3 Å². The van der Waals surface area contributed by atoms with Gasteiger partial charge in [-0.05, 0) is 23.8 Å². The van der Waals surface area contributed by atoms with Gasteiger partial charge < -0.3 is 5.73 Å². The van der Waals surface area contributed by atoms with E-state index in [2.05, 4.69) is 20.9 Å². The third kappa shape index (κ3) is 2.71. The summed E-state index contributed by atoms with van der Waals surface area (Å²) in [6.07, 6.45) is 0.745. The fourth-order valence-corrected chi connectivity index (χ4v) is 2.42. The van der Waals surface area contributed by atoms with Crippen LogP contribution < -0.4 is 5.73 Å². The van der Waals surface area contributed by atoms with Crippen LogP contribution in [-0.2, 0) is 6.42 Å². The van der Waals surface area contributed by atoms with Crippen molar-refractivity contribution in [1.29, 1.82) is 0 Å². The largest absolute Gasteiger partial charge is 0.375 e. The molecule has 0 unspecified atom stereocenters. The summed E-state index contributed by atoms with van der Waals surface area (Å²) in [5.41, 5.74) is 7.66. The molecule has 0 saturated heterocycles. The molecule has 0 aliphatic carbocycles. The summed E-state index contributed by atoms with van der Waals surface area (Å²) in [7, 11) is 0. The molecule has 0 saturated carbocycles. The van der Waals surface area contributed by atoms with Crippen molar-refractivity contribution in [2.24, 2.45) is 0 Å². The van der Waals surface area contributed by atoms with E-state index in [4.69, 9.17) is 17.3 Å². The van der Waals surface area contributed by atoms with Crippen molar-refractivity contribution in [2.45, 2.75) is 6.42 Å². The van der Waals surface area contributed by atoms with Crippen LogP contribution >= 0.6 is 38.9 Å². The van der Waals surface area contributed by atoms with E-state index >= 15 is 0 Å². The van der Waals surface area contributed by atoms with Crippen LogP contribution in [0, 0.1) is 0 Å². The number of hydrogen-bond donors (Lipinski definition) is 1. The second-order valence-corrected chi connectivity index (χ2v) is 5.27. The first-order valence-corrected chi connectivity index (χ1v) is 6.34. The molecule has 2 N–H and O–H groups in total. The predicted molar refractivity (Wildman–Crippen MR) is 68.5 cm³/mol. The smallest absolute Gasteiger partial charge is 0.180 e. The lowest BCUT2D eigenvalue weighted by Gasteiger charge is -2.02. The maximum atomic E-state index is 5.92. The van der Waals surface area contributed by atoms with Crippen LogP contribution in [0.25, 0.3) is 0 Å². The summed E-state index contributed by atoms with van der Waals surface area (Å²) in [5.74, 6) is 0. The zero-order valence-corrected chi connectivity index (χ0v) is 10.9. The SMILES string of the molecule is Nc1nc(Cc2cc(Cl)ccc2Br)cs1. The first-order valence-electron chi connectivity index (χ1n) is 4.29. The van der Waals surface area contributed by atoms with Crippen molar-refractivity contribution in [2.75, 3.05) is 5.73 Å². The zero-order valence-electron chi connectivity index (χ0n) is 7.71. The van der Waals surface area contributed by atoms with E-state index < -0.39 is 0 Å². The molecule has 0 aliphatic heterocycles.